The lowest BCUT2D eigenvalue weighted by molar-refractivity contribution is 1.11. The maximum absolute atomic E-state index is 6.92. The summed E-state index contributed by atoms with van der Waals surface area (Å²) in [5, 5.41) is 7.51. The summed E-state index contributed by atoms with van der Waals surface area (Å²) in [5.74, 6) is 0.639. The van der Waals surface area contributed by atoms with Crippen LogP contribution in [0.3, 0.4) is 0 Å². The summed E-state index contributed by atoms with van der Waals surface area (Å²) >= 11 is 4.00. The maximum Gasteiger partial charge on any atom is 0.138 e. The molecule has 1 aromatic heterocycles. The van der Waals surface area contributed by atoms with Crippen LogP contribution >= 0.6 is 22.5 Å². The number of aromatic nitrogens is 2. The molecule has 0 aliphatic carbocycles. The molecule has 5 heteroatoms. The van der Waals surface area contributed by atoms with Crippen LogP contribution in [0.5, 0.6) is 0 Å². The molecule has 0 fully saturated rings. The Hall–Kier alpha value is -0.600. The molecule has 1 rings (SSSR count). The van der Waals surface area contributed by atoms with Crippen molar-refractivity contribution in [2.24, 2.45) is 0 Å². The van der Waals surface area contributed by atoms with Crippen LogP contribution in [0.15, 0.2) is 17.8 Å². The molecule has 0 bridgehead atoms. The minimum absolute atomic E-state index is 0. The van der Waals surface area contributed by atoms with Crippen molar-refractivity contribution in [1.29, 1.82) is 5.41 Å². The number of nitrogens with one attached hydrogen (secondary N) is 1. The molecular weight excluding hydrogens is 177 g/mol. The van der Waals surface area contributed by atoms with E-state index in [-0.39, 0.29) is 9.90 Å². The molecule has 0 saturated carbocycles. The normalized spacial score (nSPS) is 8.45. The molecule has 0 radical (unpaired) electrons. The van der Waals surface area contributed by atoms with Gasteiger partial charge in [0.05, 0.1) is 6.34 Å². The van der Waals surface area contributed by atoms with E-state index in [9.17, 15) is 0 Å². The molecule has 0 aromatic carbocycles. The van der Waals surface area contributed by atoms with Crippen LogP contribution in [-0.2, 0) is 0 Å². The predicted molar refractivity (Wildman–Crippen MR) is 54.9 cm³/mol. The summed E-state index contributed by atoms with van der Waals surface area (Å²) in [5.41, 5.74) is 0. The Labute approximate surface area is 74.1 Å². The number of imidazole rings is 1. The molecule has 0 aliphatic rings. The lowest BCUT2D eigenvalue weighted by atomic mass is 10.6. The fourth-order valence-electron chi connectivity index (χ4n) is 0.649. The van der Waals surface area contributed by atoms with Crippen LogP contribution in [-0.4, -0.2) is 15.9 Å². The summed E-state index contributed by atoms with van der Waals surface area (Å²) in [7, 11) is 0. The molecule has 0 saturated heterocycles. The first-order chi connectivity index (χ1) is 4.77. The van der Waals surface area contributed by atoms with Gasteiger partial charge in [0, 0.05) is 6.20 Å². The SMILES string of the molecule is C=Cc1nc(S)cn1C=N.P. The van der Waals surface area contributed by atoms with Gasteiger partial charge in [0.15, 0.2) is 0 Å². The standard InChI is InChI=1S/C6H7N3S.H3P/c1-2-5-8-6(10)3-9(5)4-7;/h2-4,7,10H,1H2;1H3. The lowest BCUT2D eigenvalue weighted by Gasteiger charge is -1.89. The van der Waals surface area contributed by atoms with E-state index in [1.54, 1.807) is 12.3 Å². The van der Waals surface area contributed by atoms with Gasteiger partial charge in [0.2, 0.25) is 0 Å². The van der Waals surface area contributed by atoms with Crippen LogP contribution in [0.4, 0.5) is 0 Å². The van der Waals surface area contributed by atoms with Gasteiger partial charge in [-0.1, -0.05) is 6.58 Å². The molecule has 1 N–H and O–H groups in total. The van der Waals surface area contributed by atoms with Crippen molar-refractivity contribution in [1.82, 2.24) is 9.55 Å². The van der Waals surface area contributed by atoms with Gasteiger partial charge in [-0.3, -0.25) is 9.98 Å². The average molecular weight is 187 g/mol. The number of hydrogen-bond acceptors (Lipinski definition) is 3. The van der Waals surface area contributed by atoms with Gasteiger partial charge in [0.1, 0.15) is 10.9 Å². The zero-order valence-corrected chi connectivity index (χ0v) is 8.30. The Morgan fingerprint density at radius 3 is 2.73 bits per heavy atom. The van der Waals surface area contributed by atoms with Crippen LogP contribution in [0, 0.1) is 5.41 Å². The molecule has 0 spiro atoms. The van der Waals surface area contributed by atoms with Crippen molar-refractivity contribution in [2.75, 3.05) is 0 Å². The second kappa shape index (κ2) is 4.31. The van der Waals surface area contributed by atoms with E-state index in [1.165, 1.54) is 4.57 Å². The first kappa shape index (κ1) is 10.4. The predicted octanol–water partition coefficient (Wildman–Crippen LogP) is 1.33. The van der Waals surface area contributed by atoms with Crippen molar-refractivity contribution >= 4 is 34.9 Å². The highest BCUT2D eigenvalue weighted by molar-refractivity contribution is 7.80. The Balaban J connectivity index is 0.000001000. The van der Waals surface area contributed by atoms with E-state index in [2.05, 4.69) is 24.2 Å². The Kier molecular flexibility index (Phi) is 4.08. The number of hydrogen-bond donors (Lipinski definition) is 2. The molecule has 60 valence electrons. The van der Waals surface area contributed by atoms with Crippen LogP contribution < -0.4 is 0 Å². The number of nitrogens with zero attached hydrogens (tertiary/aromatic N) is 2. The molecule has 0 amide bonds. The maximum atomic E-state index is 6.92. The van der Waals surface area contributed by atoms with Gasteiger partial charge < -0.3 is 0 Å². The third-order valence-electron chi connectivity index (χ3n) is 1.07. The average Bonchev–Trinajstić information content (AvgIpc) is 2.30. The molecule has 1 atom stereocenters. The Bertz CT molecular complexity index is 243. The van der Waals surface area contributed by atoms with Gasteiger partial charge in [-0.05, 0) is 6.08 Å². The number of rotatable bonds is 2. The van der Waals surface area contributed by atoms with E-state index in [1.807, 2.05) is 0 Å². The van der Waals surface area contributed by atoms with Crippen LogP contribution in [0.1, 0.15) is 5.82 Å². The quantitative estimate of drug-likeness (QED) is 0.312. The monoisotopic (exact) mass is 187 g/mol. The van der Waals surface area contributed by atoms with E-state index in [0.29, 0.717) is 10.9 Å². The van der Waals surface area contributed by atoms with Gasteiger partial charge in [0.25, 0.3) is 0 Å². The highest BCUT2D eigenvalue weighted by atomic mass is 32.1. The minimum Gasteiger partial charge on any atom is -0.291 e. The van der Waals surface area contributed by atoms with Crippen molar-refractivity contribution in [3.05, 3.63) is 18.6 Å². The molecule has 1 heterocycles. The van der Waals surface area contributed by atoms with Gasteiger partial charge >= 0.3 is 0 Å². The van der Waals surface area contributed by atoms with Crippen molar-refractivity contribution in [2.45, 2.75) is 5.03 Å². The highest BCUT2D eigenvalue weighted by Gasteiger charge is 1.97. The molecule has 11 heavy (non-hydrogen) atoms. The zero-order chi connectivity index (χ0) is 7.56. The fourth-order valence-corrected chi connectivity index (χ4v) is 0.876. The molecule has 1 unspecified atom stereocenters. The molecule has 0 aliphatic heterocycles. The van der Waals surface area contributed by atoms with Gasteiger partial charge in [-0.25, -0.2) is 4.98 Å². The third-order valence-corrected chi connectivity index (χ3v) is 1.29. The van der Waals surface area contributed by atoms with E-state index in [4.69, 9.17) is 5.41 Å². The minimum atomic E-state index is 0. The second-order valence-electron chi connectivity index (χ2n) is 1.70. The molecule has 1 aromatic rings. The van der Waals surface area contributed by atoms with Crippen LogP contribution in [0.25, 0.3) is 6.08 Å². The lowest BCUT2D eigenvalue weighted by Crippen LogP contribution is -1.93. The Morgan fingerprint density at radius 2 is 2.36 bits per heavy atom. The van der Waals surface area contributed by atoms with Crippen molar-refractivity contribution in [3.8, 4) is 0 Å². The number of thiol groups is 1. The first-order valence-corrected chi connectivity index (χ1v) is 3.13. The summed E-state index contributed by atoms with van der Waals surface area (Å²) in [4.78, 5) is 3.96. The molecular formula is C6H10N3PS. The first-order valence-electron chi connectivity index (χ1n) is 2.69. The van der Waals surface area contributed by atoms with E-state index >= 15 is 0 Å². The van der Waals surface area contributed by atoms with Crippen molar-refractivity contribution < 1.29 is 0 Å². The van der Waals surface area contributed by atoms with E-state index in [0.717, 1.165) is 6.34 Å². The summed E-state index contributed by atoms with van der Waals surface area (Å²) < 4.78 is 1.54. The Morgan fingerprint density at radius 1 is 1.73 bits per heavy atom. The summed E-state index contributed by atoms with van der Waals surface area (Å²) in [6.07, 6.45) is 4.38. The fraction of sp³-hybridized carbons (Fsp3) is 0. The largest absolute Gasteiger partial charge is 0.291 e. The third kappa shape index (κ3) is 2.17. The summed E-state index contributed by atoms with van der Waals surface area (Å²) in [6, 6.07) is 0. The topological polar surface area (TPSA) is 41.7 Å². The van der Waals surface area contributed by atoms with E-state index < -0.39 is 0 Å². The van der Waals surface area contributed by atoms with Gasteiger partial charge in [-0.15, -0.1) is 12.6 Å². The summed E-state index contributed by atoms with van der Waals surface area (Å²) in [6.45, 7) is 3.53. The van der Waals surface area contributed by atoms with Gasteiger partial charge in [-0.2, -0.15) is 9.90 Å². The second-order valence-corrected chi connectivity index (χ2v) is 2.16. The smallest absolute Gasteiger partial charge is 0.138 e. The zero-order valence-electron chi connectivity index (χ0n) is 5.99. The van der Waals surface area contributed by atoms with Crippen LogP contribution in [0.2, 0.25) is 0 Å². The highest BCUT2D eigenvalue weighted by Crippen LogP contribution is 2.05. The van der Waals surface area contributed by atoms with Crippen molar-refractivity contribution in [3.63, 3.8) is 0 Å². The molecule has 3 nitrogen and oxygen atoms in total.